The molecule has 0 fully saturated rings. The second-order valence-electron chi connectivity index (χ2n) is 6.83. The standard InChI is InChI=1S/C22H23N3O3/c1-2-27-17-10-7-16(8-11-17)22-24-21(28-25-22)14-13-20(26)23-19-12-9-15-5-3-4-6-18(15)19/h3-8,10-11,19H,2,9,12-14H2,1H3,(H,23,26). The molecule has 0 saturated heterocycles. The fourth-order valence-electron chi connectivity index (χ4n) is 3.53. The zero-order valence-corrected chi connectivity index (χ0v) is 15.9. The first-order valence-corrected chi connectivity index (χ1v) is 9.66. The quantitative estimate of drug-likeness (QED) is 0.676. The predicted molar refractivity (Wildman–Crippen MR) is 105 cm³/mol. The van der Waals surface area contributed by atoms with Gasteiger partial charge in [-0.05, 0) is 55.2 Å². The maximum atomic E-state index is 12.3. The average molecular weight is 377 g/mol. The van der Waals surface area contributed by atoms with Crippen LogP contribution < -0.4 is 10.1 Å². The van der Waals surface area contributed by atoms with Crippen molar-refractivity contribution in [3.63, 3.8) is 0 Å². The van der Waals surface area contributed by atoms with Crippen LogP contribution in [0.4, 0.5) is 0 Å². The topological polar surface area (TPSA) is 77.2 Å². The Hall–Kier alpha value is -3.15. The molecule has 0 aliphatic heterocycles. The minimum absolute atomic E-state index is 0.00233. The van der Waals surface area contributed by atoms with E-state index in [1.54, 1.807) is 0 Å². The number of amides is 1. The minimum atomic E-state index is 0.00233. The molecule has 1 amide bonds. The third kappa shape index (κ3) is 4.06. The molecule has 1 heterocycles. The Morgan fingerprint density at radius 1 is 1.21 bits per heavy atom. The van der Waals surface area contributed by atoms with Crippen LogP contribution in [0.15, 0.2) is 53.1 Å². The second kappa shape index (κ2) is 8.25. The molecule has 0 radical (unpaired) electrons. The summed E-state index contributed by atoms with van der Waals surface area (Å²) in [6.07, 6.45) is 2.71. The van der Waals surface area contributed by atoms with Gasteiger partial charge >= 0.3 is 0 Å². The van der Waals surface area contributed by atoms with Crippen LogP contribution in [-0.2, 0) is 17.6 Å². The largest absolute Gasteiger partial charge is 0.494 e. The summed E-state index contributed by atoms with van der Waals surface area (Å²) in [6, 6.07) is 15.9. The summed E-state index contributed by atoms with van der Waals surface area (Å²) in [7, 11) is 0. The lowest BCUT2D eigenvalue weighted by Gasteiger charge is -2.13. The van der Waals surface area contributed by atoms with Crippen LogP contribution in [0.1, 0.15) is 42.8 Å². The lowest BCUT2D eigenvalue weighted by atomic mass is 10.1. The van der Waals surface area contributed by atoms with Crippen molar-refractivity contribution in [1.82, 2.24) is 15.5 Å². The van der Waals surface area contributed by atoms with E-state index in [2.05, 4.69) is 27.6 Å². The molecule has 1 N–H and O–H groups in total. The van der Waals surface area contributed by atoms with Crippen LogP contribution in [0.5, 0.6) is 5.75 Å². The molecule has 6 heteroatoms. The van der Waals surface area contributed by atoms with Crippen molar-refractivity contribution in [2.24, 2.45) is 0 Å². The highest BCUT2D eigenvalue weighted by Crippen LogP contribution is 2.30. The highest BCUT2D eigenvalue weighted by Gasteiger charge is 2.23. The number of benzene rings is 2. The molecular formula is C22H23N3O3. The van der Waals surface area contributed by atoms with E-state index in [0.29, 0.717) is 31.2 Å². The number of hydrogen-bond acceptors (Lipinski definition) is 5. The fourth-order valence-corrected chi connectivity index (χ4v) is 3.53. The Labute approximate surface area is 163 Å². The Morgan fingerprint density at radius 3 is 2.86 bits per heavy atom. The van der Waals surface area contributed by atoms with Crippen LogP contribution in [-0.4, -0.2) is 22.7 Å². The van der Waals surface area contributed by atoms with E-state index >= 15 is 0 Å². The smallest absolute Gasteiger partial charge is 0.227 e. The number of aryl methyl sites for hydroxylation is 2. The summed E-state index contributed by atoms with van der Waals surface area (Å²) in [5.41, 5.74) is 3.40. The van der Waals surface area contributed by atoms with Gasteiger partial charge in [-0.15, -0.1) is 0 Å². The maximum absolute atomic E-state index is 12.3. The van der Waals surface area contributed by atoms with E-state index < -0.39 is 0 Å². The van der Waals surface area contributed by atoms with Crippen LogP contribution in [0.2, 0.25) is 0 Å². The van der Waals surface area contributed by atoms with Gasteiger partial charge in [-0.1, -0.05) is 29.4 Å². The van der Waals surface area contributed by atoms with Crippen molar-refractivity contribution < 1.29 is 14.1 Å². The minimum Gasteiger partial charge on any atom is -0.494 e. The van der Waals surface area contributed by atoms with Crippen molar-refractivity contribution >= 4 is 5.91 Å². The number of rotatable bonds is 7. The average Bonchev–Trinajstić information content (AvgIpc) is 3.35. The molecule has 1 aromatic heterocycles. The molecule has 1 aliphatic carbocycles. The highest BCUT2D eigenvalue weighted by atomic mass is 16.5. The Morgan fingerprint density at radius 2 is 2.04 bits per heavy atom. The van der Waals surface area contributed by atoms with Crippen molar-refractivity contribution in [3.05, 3.63) is 65.5 Å². The first kappa shape index (κ1) is 18.2. The first-order valence-electron chi connectivity index (χ1n) is 9.66. The SMILES string of the molecule is CCOc1ccc(-c2noc(CCC(=O)NC3CCc4ccccc43)n2)cc1. The molecule has 1 unspecified atom stereocenters. The fraction of sp³-hybridized carbons (Fsp3) is 0.318. The second-order valence-corrected chi connectivity index (χ2v) is 6.83. The van der Waals surface area contributed by atoms with Crippen LogP contribution in [0, 0.1) is 0 Å². The summed E-state index contributed by atoms with van der Waals surface area (Å²) in [4.78, 5) is 16.7. The van der Waals surface area contributed by atoms with E-state index in [1.165, 1.54) is 11.1 Å². The first-order chi connectivity index (χ1) is 13.7. The third-order valence-corrected chi connectivity index (χ3v) is 4.93. The molecule has 0 bridgehead atoms. The number of nitrogens with one attached hydrogen (secondary N) is 1. The number of carbonyl (C=O) groups is 1. The zero-order valence-electron chi connectivity index (χ0n) is 15.9. The molecule has 1 aliphatic rings. The number of nitrogens with zero attached hydrogens (tertiary/aromatic N) is 2. The van der Waals surface area contributed by atoms with Gasteiger partial charge in [-0.25, -0.2) is 0 Å². The monoisotopic (exact) mass is 377 g/mol. The summed E-state index contributed by atoms with van der Waals surface area (Å²) in [6.45, 7) is 2.57. The van der Waals surface area contributed by atoms with E-state index in [4.69, 9.17) is 9.26 Å². The van der Waals surface area contributed by atoms with Gasteiger partial charge in [0.1, 0.15) is 5.75 Å². The number of hydrogen-bond donors (Lipinski definition) is 1. The summed E-state index contributed by atoms with van der Waals surface area (Å²) in [5.74, 6) is 1.79. The lowest BCUT2D eigenvalue weighted by Crippen LogP contribution is -2.27. The van der Waals surface area contributed by atoms with Crippen LogP contribution in [0.25, 0.3) is 11.4 Å². The lowest BCUT2D eigenvalue weighted by molar-refractivity contribution is -0.121. The molecule has 3 aromatic rings. The number of fused-ring (bicyclic) bond motifs is 1. The van der Waals surface area contributed by atoms with E-state index in [9.17, 15) is 4.79 Å². The van der Waals surface area contributed by atoms with Crippen molar-refractivity contribution in [3.8, 4) is 17.1 Å². The van der Waals surface area contributed by atoms with Crippen molar-refractivity contribution in [2.75, 3.05) is 6.61 Å². The molecular weight excluding hydrogens is 354 g/mol. The third-order valence-electron chi connectivity index (χ3n) is 4.93. The van der Waals surface area contributed by atoms with Crippen molar-refractivity contribution in [1.29, 1.82) is 0 Å². The van der Waals surface area contributed by atoms with Crippen LogP contribution in [0.3, 0.4) is 0 Å². The van der Waals surface area contributed by atoms with E-state index in [1.807, 2.05) is 43.3 Å². The number of aromatic nitrogens is 2. The van der Waals surface area contributed by atoms with E-state index in [0.717, 1.165) is 24.2 Å². The van der Waals surface area contributed by atoms with Gasteiger partial charge in [0.25, 0.3) is 0 Å². The van der Waals surface area contributed by atoms with E-state index in [-0.39, 0.29) is 11.9 Å². The number of carbonyl (C=O) groups excluding carboxylic acids is 1. The summed E-state index contributed by atoms with van der Waals surface area (Å²) < 4.78 is 10.7. The van der Waals surface area contributed by atoms with Gasteiger partial charge in [0.2, 0.25) is 17.6 Å². The summed E-state index contributed by atoms with van der Waals surface area (Å²) in [5, 5.41) is 7.13. The molecule has 0 spiro atoms. The predicted octanol–water partition coefficient (Wildman–Crippen LogP) is 3.87. The molecule has 144 valence electrons. The molecule has 4 rings (SSSR count). The summed E-state index contributed by atoms with van der Waals surface area (Å²) >= 11 is 0. The molecule has 28 heavy (non-hydrogen) atoms. The Kier molecular flexibility index (Phi) is 5.37. The maximum Gasteiger partial charge on any atom is 0.227 e. The normalized spacial score (nSPS) is 15.2. The highest BCUT2D eigenvalue weighted by molar-refractivity contribution is 5.76. The zero-order chi connectivity index (χ0) is 19.3. The Bertz CT molecular complexity index is 950. The van der Waals surface area contributed by atoms with Gasteiger partial charge in [-0.3, -0.25) is 4.79 Å². The molecule has 0 saturated carbocycles. The Balaban J connectivity index is 1.31. The van der Waals surface area contributed by atoms with Crippen LogP contribution >= 0.6 is 0 Å². The van der Waals surface area contributed by atoms with Gasteiger partial charge in [-0.2, -0.15) is 4.98 Å². The van der Waals surface area contributed by atoms with Gasteiger partial charge < -0.3 is 14.6 Å². The number of ether oxygens (including phenoxy) is 1. The molecule has 1 atom stereocenters. The van der Waals surface area contributed by atoms with Gasteiger partial charge in [0.05, 0.1) is 12.6 Å². The molecule has 6 nitrogen and oxygen atoms in total. The molecule has 2 aromatic carbocycles. The van der Waals surface area contributed by atoms with Gasteiger partial charge in [0, 0.05) is 18.4 Å². The van der Waals surface area contributed by atoms with Gasteiger partial charge in [0.15, 0.2) is 0 Å². The van der Waals surface area contributed by atoms with Crippen molar-refractivity contribution in [2.45, 2.75) is 38.6 Å².